The van der Waals surface area contributed by atoms with Crippen LogP contribution in [0.15, 0.2) is 22.8 Å². The Bertz CT molecular complexity index is 364. The summed E-state index contributed by atoms with van der Waals surface area (Å²) in [6.07, 6.45) is 3.51. The van der Waals surface area contributed by atoms with Crippen molar-refractivity contribution >= 4 is 5.91 Å². The van der Waals surface area contributed by atoms with Gasteiger partial charge in [0.1, 0.15) is 5.76 Å². The first-order chi connectivity index (χ1) is 8.78. The molecule has 18 heavy (non-hydrogen) atoms. The lowest BCUT2D eigenvalue weighted by Gasteiger charge is -2.15. The quantitative estimate of drug-likeness (QED) is 0.778. The van der Waals surface area contributed by atoms with E-state index >= 15 is 0 Å². The van der Waals surface area contributed by atoms with Gasteiger partial charge in [0.25, 0.3) is 0 Å². The number of hydrogen-bond donors (Lipinski definition) is 2. The van der Waals surface area contributed by atoms with Gasteiger partial charge in [-0.1, -0.05) is 0 Å². The molecule has 1 aromatic rings. The van der Waals surface area contributed by atoms with Crippen molar-refractivity contribution in [1.82, 2.24) is 10.2 Å². The van der Waals surface area contributed by atoms with Crippen molar-refractivity contribution in [2.45, 2.75) is 19.4 Å². The molecule has 0 spiro atoms. The summed E-state index contributed by atoms with van der Waals surface area (Å²) < 4.78 is 5.15. The van der Waals surface area contributed by atoms with Gasteiger partial charge in [-0.2, -0.15) is 0 Å². The first-order valence-corrected chi connectivity index (χ1v) is 6.40. The fourth-order valence-electron chi connectivity index (χ4n) is 2.33. The molecule has 1 aromatic heterocycles. The van der Waals surface area contributed by atoms with E-state index in [1.165, 1.54) is 0 Å². The second-order valence-corrected chi connectivity index (χ2v) is 4.76. The van der Waals surface area contributed by atoms with E-state index in [1.54, 1.807) is 12.3 Å². The number of carbonyl (C=O) groups excluding carboxylic acids is 1. The van der Waals surface area contributed by atoms with Crippen molar-refractivity contribution in [2.75, 3.05) is 26.2 Å². The van der Waals surface area contributed by atoms with Crippen LogP contribution in [0.5, 0.6) is 0 Å². The van der Waals surface area contributed by atoms with Gasteiger partial charge in [-0.25, -0.2) is 0 Å². The first kappa shape index (κ1) is 13.1. The monoisotopic (exact) mass is 252 g/mol. The average molecular weight is 252 g/mol. The predicted molar refractivity (Wildman–Crippen MR) is 66.8 cm³/mol. The summed E-state index contributed by atoms with van der Waals surface area (Å²) >= 11 is 0. The molecule has 2 heterocycles. The van der Waals surface area contributed by atoms with E-state index in [0.29, 0.717) is 19.0 Å². The largest absolute Gasteiger partial charge is 0.467 e. The van der Waals surface area contributed by atoms with Gasteiger partial charge < -0.3 is 14.8 Å². The number of nitrogens with one attached hydrogen (secondary N) is 1. The Morgan fingerprint density at radius 3 is 3.22 bits per heavy atom. The van der Waals surface area contributed by atoms with Gasteiger partial charge in [-0.05, 0) is 37.4 Å². The minimum atomic E-state index is 0.0241. The van der Waals surface area contributed by atoms with Crippen LogP contribution in [0.2, 0.25) is 0 Å². The zero-order valence-electron chi connectivity index (χ0n) is 10.5. The van der Waals surface area contributed by atoms with Crippen molar-refractivity contribution in [1.29, 1.82) is 0 Å². The molecule has 1 atom stereocenters. The van der Waals surface area contributed by atoms with Crippen LogP contribution in [-0.2, 0) is 11.3 Å². The lowest BCUT2D eigenvalue weighted by Crippen LogP contribution is -2.35. The van der Waals surface area contributed by atoms with Gasteiger partial charge >= 0.3 is 0 Å². The van der Waals surface area contributed by atoms with E-state index < -0.39 is 0 Å². The van der Waals surface area contributed by atoms with Crippen molar-refractivity contribution in [3.8, 4) is 0 Å². The molecule has 0 radical (unpaired) electrons. The van der Waals surface area contributed by atoms with Crippen LogP contribution < -0.4 is 5.32 Å². The minimum absolute atomic E-state index is 0.0241. The van der Waals surface area contributed by atoms with Gasteiger partial charge in [0.05, 0.1) is 19.4 Å². The molecule has 5 nitrogen and oxygen atoms in total. The summed E-state index contributed by atoms with van der Waals surface area (Å²) in [5.41, 5.74) is 0. The molecule has 5 heteroatoms. The molecular weight excluding hydrogens is 232 g/mol. The fraction of sp³-hybridized carbons (Fsp3) is 0.615. The Balaban J connectivity index is 1.65. The van der Waals surface area contributed by atoms with E-state index in [9.17, 15) is 4.79 Å². The second-order valence-electron chi connectivity index (χ2n) is 4.76. The number of likely N-dealkylation sites (tertiary alicyclic amines) is 1. The standard InChI is InChI=1S/C13H20N2O3/c16-6-4-11-3-5-15(9-11)10-13(17)14-8-12-2-1-7-18-12/h1-2,7,11,16H,3-6,8-10H2,(H,14,17). The summed E-state index contributed by atoms with van der Waals surface area (Å²) in [6, 6.07) is 3.65. The number of aliphatic hydroxyl groups excluding tert-OH is 1. The second kappa shape index (κ2) is 6.56. The number of rotatable bonds is 6. The smallest absolute Gasteiger partial charge is 0.234 e. The minimum Gasteiger partial charge on any atom is -0.467 e. The molecule has 0 aliphatic carbocycles. The third-order valence-electron chi connectivity index (χ3n) is 3.31. The Morgan fingerprint density at radius 1 is 1.61 bits per heavy atom. The topological polar surface area (TPSA) is 65.7 Å². The number of nitrogens with zero attached hydrogens (tertiary/aromatic N) is 1. The first-order valence-electron chi connectivity index (χ1n) is 6.40. The lowest BCUT2D eigenvalue weighted by molar-refractivity contribution is -0.122. The molecule has 1 aliphatic rings. The number of hydrogen-bond acceptors (Lipinski definition) is 4. The van der Waals surface area contributed by atoms with E-state index in [-0.39, 0.29) is 12.5 Å². The number of amides is 1. The van der Waals surface area contributed by atoms with Crippen LogP contribution in [0.4, 0.5) is 0 Å². The van der Waals surface area contributed by atoms with Crippen molar-refractivity contribution in [2.24, 2.45) is 5.92 Å². The lowest BCUT2D eigenvalue weighted by atomic mass is 10.1. The fourth-order valence-corrected chi connectivity index (χ4v) is 2.33. The highest BCUT2D eigenvalue weighted by molar-refractivity contribution is 5.77. The Morgan fingerprint density at radius 2 is 2.50 bits per heavy atom. The van der Waals surface area contributed by atoms with Gasteiger partial charge in [0, 0.05) is 13.2 Å². The molecule has 1 aliphatic heterocycles. The molecule has 0 aromatic carbocycles. The zero-order valence-corrected chi connectivity index (χ0v) is 10.5. The van der Waals surface area contributed by atoms with E-state index in [4.69, 9.17) is 9.52 Å². The number of carbonyl (C=O) groups is 1. The highest BCUT2D eigenvalue weighted by Crippen LogP contribution is 2.18. The molecule has 1 saturated heterocycles. The van der Waals surface area contributed by atoms with Gasteiger partial charge in [0.2, 0.25) is 5.91 Å². The molecule has 0 saturated carbocycles. The highest BCUT2D eigenvalue weighted by Gasteiger charge is 2.23. The van der Waals surface area contributed by atoms with Gasteiger partial charge in [-0.15, -0.1) is 0 Å². The average Bonchev–Trinajstić information content (AvgIpc) is 2.99. The maximum Gasteiger partial charge on any atom is 0.234 e. The Kier molecular flexibility index (Phi) is 4.78. The zero-order chi connectivity index (χ0) is 12.8. The summed E-state index contributed by atoms with van der Waals surface area (Å²) in [4.78, 5) is 13.9. The molecule has 2 N–H and O–H groups in total. The highest BCUT2D eigenvalue weighted by atomic mass is 16.3. The van der Waals surface area contributed by atoms with Crippen molar-refractivity contribution in [3.05, 3.63) is 24.2 Å². The van der Waals surface area contributed by atoms with Crippen LogP contribution in [-0.4, -0.2) is 42.2 Å². The van der Waals surface area contributed by atoms with E-state index in [1.807, 2.05) is 6.07 Å². The molecule has 0 bridgehead atoms. The summed E-state index contributed by atoms with van der Waals surface area (Å²) in [6.45, 7) is 2.97. The SMILES string of the molecule is O=C(CN1CCC(CCO)C1)NCc1ccco1. The van der Waals surface area contributed by atoms with Crippen LogP contribution in [0.3, 0.4) is 0 Å². The molecule has 1 unspecified atom stereocenters. The maximum absolute atomic E-state index is 11.7. The number of furan rings is 1. The van der Waals surface area contributed by atoms with E-state index in [2.05, 4.69) is 10.2 Å². The molecule has 1 fully saturated rings. The molecule has 100 valence electrons. The number of aliphatic hydroxyl groups is 1. The van der Waals surface area contributed by atoms with Crippen LogP contribution in [0.25, 0.3) is 0 Å². The summed E-state index contributed by atoms with van der Waals surface area (Å²) in [7, 11) is 0. The van der Waals surface area contributed by atoms with Gasteiger partial charge in [-0.3, -0.25) is 9.69 Å². The third kappa shape index (κ3) is 3.85. The summed E-state index contributed by atoms with van der Waals surface area (Å²) in [5, 5.41) is 11.7. The van der Waals surface area contributed by atoms with Crippen LogP contribution in [0.1, 0.15) is 18.6 Å². The third-order valence-corrected chi connectivity index (χ3v) is 3.31. The van der Waals surface area contributed by atoms with Crippen molar-refractivity contribution in [3.63, 3.8) is 0 Å². The van der Waals surface area contributed by atoms with Crippen LogP contribution in [0, 0.1) is 5.92 Å². The Hall–Kier alpha value is -1.33. The molecular formula is C13H20N2O3. The Labute approximate surface area is 107 Å². The molecule has 1 amide bonds. The van der Waals surface area contributed by atoms with Crippen molar-refractivity contribution < 1.29 is 14.3 Å². The normalized spacial score (nSPS) is 20.2. The molecule has 2 rings (SSSR count). The maximum atomic E-state index is 11.7. The predicted octanol–water partition coefficient (Wildman–Crippen LogP) is 0.600. The van der Waals surface area contributed by atoms with E-state index in [0.717, 1.165) is 31.7 Å². The van der Waals surface area contributed by atoms with Crippen LogP contribution >= 0.6 is 0 Å². The van der Waals surface area contributed by atoms with Gasteiger partial charge in [0.15, 0.2) is 0 Å². The summed E-state index contributed by atoms with van der Waals surface area (Å²) in [5.74, 6) is 1.33.